The Morgan fingerprint density at radius 2 is 1.58 bits per heavy atom. The Kier molecular flexibility index (Phi) is 33.4. The van der Waals surface area contributed by atoms with Crippen LogP contribution in [0.25, 0.3) is 0 Å². The molecular weight excluding hydrogens is 224 g/mol. The normalized spacial score (nSPS) is 6.25. The zero-order chi connectivity index (χ0) is 8.95. The Hall–Kier alpha value is -0.0966. The standard InChI is InChI=1S/C6H5.C2H5.HO2P.Zn/c1-2-4-6-5-3-1;1-2;1-3-2;/h1-5H;1H2,2H3;(H,1,2);/q2*-1;;+2. The van der Waals surface area contributed by atoms with Gasteiger partial charge in [-0.1, -0.05) is 0 Å². The largest absolute Gasteiger partial charge is 2.00 e. The average molecular weight is 236 g/mol. The summed E-state index contributed by atoms with van der Waals surface area (Å²) < 4.78 is 8.46. The van der Waals surface area contributed by atoms with Gasteiger partial charge in [-0.3, -0.25) is 0 Å². The van der Waals surface area contributed by atoms with E-state index < -0.39 is 8.69 Å². The molecule has 0 saturated heterocycles. The van der Waals surface area contributed by atoms with E-state index in [2.05, 4.69) is 13.0 Å². The fourth-order valence-corrected chi connectivity index (χ4v) is 0.342. The average Bonchev–Trinajstić information content (AvgIpc) is 2.12. The van der Waals surface area contributed by atoms with Crippen molar-refractivity contribution in [1.82, 2.24) is 0 Å². The molecule has 0 atom stereocenters. The van der Waals surface area contributed by atoms with Crippen LogP contribution in [0.3, 0.4) is 0 Å². The molecule has 0 fully saturated rings. The first kappa shape index (κ1) is 17.9. The van der Waals surface area contributed by atoms with Crippen molar-refractivity contribution < 1.29 is 28.9 Å². The molecule has 1 aromatic carbocycles. The molecule has 1 N–H and O–H groups in total. The van der Waals surface area contributed by atoms with Crippen LogP contribution in [-0.2, 0) is 24.0 Å². The molecule has 0 heterocycles. The maximum absolute atomic E-state index is 8.46. The topological polar surface area (TPSA) is 37.3 Å². The van der Waals surface area contributed by atoms with Gasteiger partial charge >= 0.3 is 28.2 Å². The number of hydrogen-bond donors (Lipinski definition) is 1. The quantitative estimate of drug-likeness (QED) is 0.426. The van der Waals surface area contributed by atoms with Gasteiger partial charge in [0.05, 0.1) is 0 Å². The summed E-state index contributed by atoms with van der Waals surface area (Å²) in [6.45, 7) is 5.00. The van der Waals surface area contributed by atoms with Crippen LogP contribution in [0.1, 0.15) is 6.92 Å². The summed E-state index contributed by atoms with van der Waals surface area (Å²) in [6.07, 6.45) is 0. The first-order valence-electron chi connectivity index (χ1n) is 3.00. The third kappa shape index (κ3) is 22.5. The summed E-state index contributed by atoms with van der Waals surface area (Å²) in [5, 5.41) is 0. The van der Waals surface area contributed by atoms with E-state index in [9.17, 15) is 0 Å². The van der Waals surface area contributed by atoms with Crippen molar-refractivity contribution >= 4 is 8.69 Å². The number of benzene rings is 1. The first-order valence-corrected chi connectivity index (χ1v) is 3.77. The predicted molar refractivity (Wildman–Crippen MR) is 46.1 cm³/mol. The molecule has 0 aliphatic rings. The van der Waals surface area contributed by atoms with Gasteiger partial charge in [-0.15, -0.1) is 0 Å². The van der Waals surface area contributed by atoms with Gasteiger partial charge in [0.15, 0.2) is 0 Å². The van der Waals surface area contributed by atoms with E-state index in [-0.39, 0.29) is 19.5 Å². The molecule has 0 saturated carbocycles. The van der Waals surface area contributed by atoms with Crippen molar-refractivity contribution in [3.63, 3.8) is 0 Å². The number of rotatable bonds is 0. The fraction of sp³-hybridized carbons (Fsp3) is 0.125. The Morgan fingerprint density at radius 1 is 1.25 bits per heavy atom. The van der Waals surface area contributed by atoms with Crippen LogP contribution in [0.5, 0.6) is 0 Å². The van der Waals surface area contributed by atoms with Crippen LogP contribution in [0.2, 0.25) is 0 Å². The molecule has 62 valence electrons. The third-order valence-electron chi connectivity index (χ3n) is 0.607. The molecule has 1 aromatic rings. The summed E-state index contributed by atoms with van der Waals surface area (Å²) in [4.78, 5) is 6.99. The van der Waals surface area contributed by atoms with E-state index in [1.54, 1.807) is 6.92 Å². The number of hydrogen-bond acceptors (Lipinski definition) is 1. The van der Waals surface area contributed by atoms with Gasteiger partial charge in [-0.25, -0.2) is 4.57 Å². The molecule has 0 radical (unpaired) electrons. The molecule has 2 nitrogen and oxygen atoms in total. The molecule has 1 rings (SSSR count). The van der Waals surface area contributed by atoms with Gasteiger partial charge in [0.2, 0.25) is 0 Å². The van der Waals surface area contributed by atoms with E-state index in [4.69, 9.17) is 9.46 Å². The van der Waals surface area contributed by atoms with Gasteiger partial charge in [0, 0.05) is 0 Å². The molecule has 0 bridgehead atoms. The van der Waals surface area contributed by atoms with Crippen LogP contribution in [0.4, 0.5) is 0 Å². The first-order chi connectivity index (χ1) is 5.41. The van der Waals surface area contributed by atoms with Gasteiger partial charge in [0.25, 0.3) is 0 Å². The third-order valence-corrected chi connectivity index (χ3v) is 0.607. The second kappa shape index (κ2) is 22.4. The van der Waals surface area contributed by atoms with Crippen LogP contribution in [0.15, 0.2) is 30.3 Å². The maximum Gasteiger partial charge on any atom is 2.00 e. The summed E-state index contributed by atoms with van der Waals surface area (Å²) in [5.41, 5.74) is 0. The second-order valence-corrected chi connectivity index (χ2v) is 1.32. The van der Waals surface area contributed by atoms with E-state index in [1.807, 2.05) is 30.3 Å². The molecule has 4 heteroatoms. The van der Waals surface area contributed by atoms with Crippen molar-refractivity contribution in [2.45, 2.75) is 6.92 Å². The summed E-state index contributed by atoms with van der Waals surface area (Å²) in [5.74, 6) is 0. The fourth-order valence-electron chi connectivity index (χ4n) is 0.342. The van der Waals surface area contributed by atoms with Crippen LogP contribution in [0, 0.1) is 13.0 Å². The van der Waals surface area contributed by atoms with Crippen molar-refractivity contribution in [3.8, 4) is 0 Å². The van der Waals surface area contributed by atoms with Crippen LogP contribution < -0.4 is 0 Å². The minimum Gasteiger partial charge on any atom is -0.346 e. The van der Waals surface area contributed by atoms with Gasteiger partial charge < -0.3 is 11.8 Å². The molecule has 12 heavy (non-hydrogen) atoms. The molecular formula is C8H11O2PZn. The minimum absolute atomic E-state index is 0. The Morgan fingerprint density at radius 3 is 1.67 bits per heavy atom. The van der Waals surface area contributed by atoms with Crippen molar-refractivity contribution in [1.29, 1.82) is 0 Å². The van der Waals surface area contributed by atoms with Gasteiger partial charge in [-0.2, -0.15) is 43.3 Å². The van der Waals surface area contributed by atoms with E-state index >= 15 is 0 Å². The van der Waals surface area contributed by atoms with Gasteiger partial charge in [0.1, 0.15) is 0 Å². The molecule has 0 amide bonds. The summed E-state index contributed by atoms with van der Waals surface area (Å²) in [6, 6.07) is 12.5. The van der Waals surface area contributed by atoms with Crippen molar-refractivity contribution in [3.05, 3.63) is 43.3 Å². The zero-order valence-electron chi connectivity index (χ0n) is 7.10. The minimum atomic E-state index is -0.833. The van der Waals surface area contributed by atoms with Crippen LogP contribution in [-0.4, -0.2) is 4.89 Å². The van der Waals surface area contributed by atoms with E-state index in [1.165, 1.54) is 0 Å². The van der Waals surface area contributed by atoms with E-state index in [0.717, 1.165) is 0 Å². The monoisotopic (exact) mass is 234 g/mol. The molecule has 0 aromatic heterocycles. The SMILES string of the molecule is O=PO.[CH2-]C.[Zn+2].[c-]1ccccc1. The van der Waals surface area contributed by atoms with Crippen molar-refractivity contribution in [2.75, 3.05) is 0 Å². The molecule has 0 unspecified atom stereocenters. The zero-order valence-corrected chi connectivity index (χ0v) is 11.0. The second-order valence-electron chi connectivity index (χ2n) is 1.16. The van der Waals surface area contributed by atoms with Gasteiger partial charge in [-0.05, 0) is 0 Å². The van der Waals surface area contributed by atoms with Crippen LogP contribution >= 0.6 is 8.69 Å². The summed E-state index contributed by atoms with van der Waals surface area (Å²) >= 11 is 0. The molecule has 0 aliphatic carbocycles. The smallest absolute Gasteiger partial charge is 0.346 e. The van der Waals surface area contributed by atoms with Crippen molar-refractivity contribution in [2.24, 2.45) is 0 Å². The molecule has 0 spiro atoms. The maximum atomic E-state index is 8.46. The van der Waals surface area contributed by atoms with E-state index in [0.29, 0.717) is 0 Å². The predicted octanol–water partition coefficient (Wildman–Crippen LogP) is 2.51. The molecule has 0 aliphatic heterocycles. The Balaban J connectivity index is -0.000000119. The Labute approximate surface area is 88.1 Å². The Bertz CT molecular complexity index is 120. The summed E-state index contributed by atoms with van der Waals surface area (Å²) in [7, 11) is -0.833.